The predicted octanol–water partition coefficient (Wildman–Crippen LogP) is 2.74. The summed E-state index contributed by atoms with van der Waals surface area (Å²) in [7, 11) is 2.35. The molecule has 0 aliphatic heterocycles. The molecule has 0 saturated heterocycles. The third-order valence-corrected chi connectivity index (χ3v) is 4.81. The van der Waals surface area contributed by atoms with E-state index in [1.165, 1.54) is 38.8 Å². The van der Waals surface area contributed by atoms with Gasteiger partial charge in [-0.1, -0.05) is 13.8 Å². The molecular formula is C15H30N2. The van der Waals surface area contributed by atoms with Crippen LogP contribution in [0.4, 0.5) is 0 Å². The molecule has 2 fully saturated rings. The highest BCUT2D eigenvalue weighted by atomic mass is 15.2. The van der Waals surface area contributed by atoms with Crippen molar-refractivity contribution in [2.75, 3.05) is 20.1 Å². The van der Waals surface area contributed by atoms with Crippen LogP contribution in [-0.2, 0) is 0 Å². The zero-order valence-corrected chi connectivity index (χ0v) is 12.1. The molecular weight excluding hydrogens is 208 g/mol. The molecule has 0 spiro atoms. The Labute approximate surface area is 107 Å². The van der Waals surface area contributed by atoms with E-state index in [4.69, 9.17) is 0 Å². The van der Waals surface area contributed by atoms with Crippen LogP contribution < -0.4 is 5.32 Å². The van der Waals surface area contributed by atoms with Crippen LogP contribution in [0, 0.1) is 17.8 Å². The second kappa shape index (κ2) is 5.71. The zero-order chi connectivity index (χ0) is 12.4. The van der Waals surface area contributed by atoms with Gasteiger partial charge in [-0.2, -0.15) is 0 Å². The fourth-order valence-electron chi connectivity index (χ4n) is 3.10. The van der Waals surface area contributed by atoms with Gasteiger partial charge in [0.2, 0.25) is 0 Å². The molecule has 2 rings (SSSR count). The smallest absolute Gasteiger partial charge is 0.0136 e. The Morgan fingerprint density at radius 1 is 1.12 bits per heavy atom. The van der Waals surface area contributed by atoms with Crippen LogP contribution in [-0.4, -0.2) is 37.1 Å². The Balaban J connectivity index is 1.69. The first-order valence-corrected chi connectivity index (χ1v) is 7.52. The third kappa shape index (κ3) is 3.45. The quantitative estimate of drug-likeness (QED) is 0.733. The van der Waals surface area contributed by atoms with Gasteiger partial charge in [-0.15, -0.1) is 0 Å². The van der Waals surface area contributed by atoms with E-state index in [9.17, 15) is 0 Å². The van der Waals surface area contributed by atoms with Crippen LogP contribution in [0.15, 0.2) is 0 Å². The lowest BCUT2D eigenvalue weighted by Crippen LogP contribution is -2.52. The van der Waals surface area contributed by atoms with Crippen LogP contribution in [0.2, 0.25) is 0 Å². The third-order valence-electron chi connectivity index (χ3n) is 4.81. The van der Waals surface area contributed by atoms with Crippen molar-refractivity contribution in [1.82, 2.24) is 10.2 Å². The lowest BCUT2D eigenvalue weighted by atomic mass is 9.78. The molecule has 2 saturated carbocycles. The second-order valence-corrected chi connectivity index (χ2v) is 6.70. The molecule has 2 aliphatic carbocycles. The van der Waals surface area contributed by atoms with E-state index < -0.39 is 0 Å². The van der Waals surface area contributed by atoms with Crippen molar-refractivity contribution in [3.05, 3.63) is 0 Å². The molecule has 0 aromatic carbocycles. The van der Waals surface area contributed by atoms with Crippen molar-refractivity contribution < 1.29 is 0 Å². The molecule has 2 aliphatic rings. The van der Waals surface area contributed by atoms with Crippen molar-refractivity contribution in [3.8, 4) is 0 Å². The molecule has 3 unspecified atom stereocenters. The number of nitrogens with one attached hydrogen (secondary N) is 1. The minimum Gasteiger partial charge on any atom is -0.316 e. The van der Waals surface area contributed by atoms with Gasteiger partial charge in [0.25, 0.3) is 0 Å². The highest BCUT2D eigenvalue weighted by Gasteiger charge is 2.39. The minimum atomic E-state index is 0.775. The lowest BCUT2D eigenvalue weighted by Gasteiger charge is -2.45. The Morgan fingerprint density at radius 3 is 2.29 bits per heavy atom. The maximum Gasteiger partial charge on any atom is 0.0136 e. The monoisotopic (exact) mass is 238 g/mol. The summed E-state index contributed by atoms with van der Waals surface area (Å²) in [6, 6.07) is 1.66. The molecule has 0 aromatic heterocycles. The van der Waals surface area contributed by atoms with Crippen molar-refractivity contribution in [3.63, 3.8) is 0 Å². The van der Waals surface area contributed by atoms with Gasteiger partial charge in [-0.3, -0.25) is 0 Å². The molecule has 100 valence electrons. The lowest BCUT2D eigenvalue weighted by molar-refractivity contribution is 0.0478. The number of hydrogen-bond acceptors (Lipinski definition) is 2. The maximum atomic E-state index is 3.63. The molecule has 17 heavy (non-hydrogen) atoms. The Kier molecular flexibility index (Phi) is 4.48. The van der Waals surface area contributed by atoms with Crippen LogP contribution >= 0.6 is 0 Å². The van der Waals surface area contributed by atoms with Gasteiger partial charge in [0.15, 0.2) is 0 Å². The minimum absolute atomic E-state index is 0.775. The van der Waals surface area contributed by atoms with E-state index in [0.29, 0.717) is 0 Å². The molecule has 0 bridgehead atoms. The van der Waals surface area contributed by atoms with Crippen LogP contribution in [0.1, 0.15) is 46.5 Å². The summed E-state index contributed by atoms with van der Waals surface area (Å²) in [4.78, 5) is 2.67. The van der Waals surface area contributed by atoms with Crippen LogP contribution in [0.3, 0.4) is 0 Å². The molecule has 0 aromatic rings. The summed E-state index contributed by atoms with van der Waals surface area (Å²) < 4.78 is 0. The number of rotatable bonds is 7. The summed E-state index contributed by atoms with van der Waals surface area (Å²) in [5.41, 5.74) is 0. The standard InChI is InChI=1S/C15H30N2/c1-11(2)9-16-10-14-7-8-15(14)17(4)12(3)13-5-6-13/h11-16H,5-10H2,1-4H3. The topological polar surface area (TPSA) is 15.3 Å². The van der Waals surface area contributed by atoms with E-state index in [1.54, 1.807) is 0 Å². The largest absolute Gasteiger partial charge is 0.316 e. The van der Waals surface area contributed by atoms with Crippen molar-refractivity contribution in [1.29, 1.82) is 0 Å². The van der Waals surface area contributed by atoms with Gasteiger partial charge in [0.05, 0.1) is 0 Å². The van der Waals surface area contributed by atoms with Crippen molar-refractivity contribution in [2.24, 2.45) is 17.8 Å². The predicted molar refractivity (Wildman–Crippen MR) is 74.2 cm³/mol. The highest BCUT2D eigenvalue weighted by molar-refractivity contribution is 4.94. The fourth-order valence-corrected chi connectivity index (χ4v) is 3.10. The zero-order valence-electron chi connectivity index (χ0n) is 12.1. The van der Waals surface area contributed by atoms with E-state index in [1.807, 2.05) is 0 Å². The summed E-state index contributed by atoms with van der Waals surface area (Å²) in [6.07, 6.45) is 5.78. The van der Waals surface area contributed by atoms with Gasteiger partial charge in [0, 0.05) is 12.1 Å². The normalized spacial score (nSPS) is 30.7. The Bertz CT molecular complexity index is 235. The van der Waals surface area contributed by atoms with Crippen LogP contribution in [0.25, 0.3) is 0 Å². The molecule has 0 heterocycles. The summed E-state index contributed by atoms with van der Waals surface area (Å²) in [6.45, 7) is 9.39. The first-order valence-electron chi connectivity index (χ1n) is 7.52. The second-order valence-electron chi connectivity index (χ2n) is 6.70. The first-order chi connectivity index (χ1) is 8.09. The van der Waals surface area contributed by atoms with Gasteiger partial charge in [-0.05, 0) is 70.5 Å². The summed E-state index contributed by atoms with van der Waals surface area (Å²) in [5.74, 6) is 2.68. The number of nitrogens with zero attached hydrogens (tertiary/aromatic N) is 1. The van der Waals surface area contributed by atoms with Crippen molar-refractivity contribution in [2.45, 2.75) is 58.5 Å². The Morgan fingerprint density at radius 2 is 1.82 bits per heavy atom. The van der Waals surface area contributed by atoms with Gasteiger partial charge in [0.1, 0.15) is 0 Å². The Hall–Kier alpha value is -0.0800. The molecule has 2 nitrogen and oxygen atoms in total. The maximum absolute atomic E-state index is 3.63. The molecule has 0 amide bonds. The van der Waals surface area contributed by atoms with Crippen molar-refractivity contribution >= 4 is 0 Å². The van der Waals surface area contributed by atoms with E-state index in [-0.39, 0.29) is 0 Å². The van der Waals surface area contributed by atoms with E-state index >= 15 is 0 Å². The molecule has 2 heteroatoms. The summed E-state index contributed by atoms with van der Waals surface area (Å²) >= 11 is 0. The van der Waals surface area contributed by atoms with E-state index in [2.05, 4.69) is 38.0 Å². The first kappa shape index (κ1) is 13.4. The molecule has 1 N–H and O–H groups in total. The van der Waals surface area contributed by atoms with Crippen LogP contribution in [0.5, 0.6) is 0 Å². The van der Waals surface area contributed by atoms with Gasteiger partial charge >= 0.3 is 0 Å². The van der Waals surface area contributed by atoms with Gasteiger partial charge in [-0.25, -0.2) is 0 Å². The fraction of sp³-hybridized carbons (Fsp3) is 1.00. The average Bonchev–Trinajstić information content (AvgIpc) is 3.04. The summed E-state index contributed by atoms with van der Waals surface area (Å²) in [5, 5.41) is 3.63. The molecule has 3 atom stereocenters. The average molecular weight is 238 g/mol. The highest BCUT2D eigenvalue weighted by Crippen LogP contribution is 2.39. The van der Waals surface area contributed by atoms with E-state index in [0.717, 1.165) is 29.8 Å². The SMILES string of the molecule is CC(C)CNCC1CCC1N(C)C(C)C1CC1. The number of hydrogen-bond donors (Lipinski definition) is 1. The van der Waals surface area contributed by atoms with Gasteiger partial charge < -0.3 is 10.2 Å². The molecule has 0 radical (unpaired) electrons.